The number of benzene rings is 2. The van der Waals surface area contributed by atoms with Crippen LogP contribution in [0.1, 0.15) is 37.9 Å². The van der Waals surface area contributed by atoms with Gasteiger partial charge in [-0.15, -0.1) is 0 Å². The normalized spacial score (nSPS) is 15.2. The first kappa shape index (κ1) is 27.5. The Morgan fingerprint density at radius 3 is 2.65 bits per heavy atom. The molecule has 1 aromatic heterocycles. The number of allylic oxidation sites excluding steroid dienone is 1. The maximum atomic E-state index is 13.9. The number of carbonyl (C=O) groups excluding carboxylic acids is 2. The summed E-state index contributed by atoms with van der Waals surface area (Å²) in [4.78, 5) is 43.7. The monoisotopic (exact) mass is 744 g/mol. The van der Waals surface area contributed by atoms with E-state index in [1.807, 2.05) is 18.2 Å². The van der Waals surface area contributed by atoms with Crippen LogP contribution in [0, 0.1) is 7.14 Å². The van der Waals surface area contributed by atoms with Crippen LogP contribution in [-0.4, -0.2) is 30.2 Å². The van der Waals surface area contributed by atoms with Gasteiger partial charge in [-0.3, -0.25) is 14.2 Å². The Morgan fingerprint density at radius 2 is 1.97 bits per heavy atom. The van der Waals surface area contributed by atoms with E-state index >= 15 is 0 Å². The van der Waals surface area contributed by atoms with E-state index in [9.17, 15) is 14.4 Å². The molecule has 0 bridgehead atoms. The average molecular weight is 744 g/mol. The highest BCUT2D eigenvalue weighted by molar-refractivity contribution is 14.1. The molecule has 8 nitrogen and oxygen atoms in total. The van der Waals surface area contributed by atoms with Crippen molar-refractivity contribution < 1.29 is 23.8 Å². The van der Waals surface area contributed by atoms with Crippen molar-refractivity contribution in [1.82, 2.24) is 4.57 Å². The molecule has 0 fully saturated rings. The lowest BCUT2D eigenvalue weighted by Crippen LogP contribution is -2.40. The van der Waals surface area contributed by atoms with Gasteiger partial charge in [0.05, 0.1) is 39.1 Å². The third-order valence-corrected chi connectivity index (χ3v) is 7.90. The lowest BCUT2D eigenvalue weighted by molar-refractivity contribution is -0.139. The molecule has 1 atom stereocenters. The average Bonchev–Trinajstić information content (AvgIpc) is 3.14. The van der Waals surface area contributed by atoms with Crippen molar-refractivity contribution in [2.75, 3.05) is 13.7 Å². The molecule has 37 heavy (non-hydrogen) atoms. The van der Waals surface area contributed by atoms with Crippen LogP contribution >= 0.6 is 56.5 Å². The minimum absolute atomic E-state index is 0.190. The van der Waals surface area contributed by atoms with Crippen LogP contribution in [0.2, 0.25) is 0 Å². The molecule has 2 heterocycles. The van der Waals surface area contributed by atoms with E-state index < -0.39 is 18.0 Å². The quantitative estimate of drug-likeness (QED) is 0.216. The van der Waals surface area contributed by atoms with E-state index in [2.05, 4.69) is 50.2 Å². The van der Waals surface area contributed by atoms with Gasteiger partial charge in [-0.05, 0) is 94.9 Å². The molecule has 0 aliphatic carbocycles. The first-order valence-electron chi connectivity index (χ1n) is 11.2. The van der Waals surface area contributed by atoms with Crippen molar-refractivity contribution >= 4 is 74.5 Å². The number of rotatable bonds is 6. The minimum Gasteiger partial charge on any atom is -0.497 e. The Bertz CT molecular complexity index is 1620. The molecule has 4 rings (SSSR count). The summed E-state index contributed by atoms with van der Waals surface area (Å²) in [6, 6.07) is 10.2. The van der Waals surface area contributed by atoms with E-state index in [1.165, 1.54) is 22.8 Å². The van der Waals surface area contributed by atoms with E-state index in [0.29, 0.717) is 43.2 Å². The van der Waals surface area contributed by atoms with E-state index in [0.717, 1.165) is 7.14 Å². The van der Waals surface area contributed by atoms with Gasteiger partial charge in [0, 0.05) is 16.1 Å². The number of aromatic nitrogens is 1. The summed E-state index contributed by atoms with van der Waals surface area (Å²) in [5, 5.41) is 0. The Balaban J connectivity index is 1.99. The van der Waals surface area contributed by atoms with Crippen molar-refractivity contribution in [2.45, 2.75) is 26.8 Å². The summed E-state index contributed by atoms with van der Waals surface area (Å²) in [7, 11) is 1.56. The minimum atomic E-state index is -0.753. The molecule has 0 unspecified atom stereocenters. The highest BCUT2D eigenvalue weighted by Crippen LogP contribution is 2.33. The Morgan fingerprint density at radius 1 is 1.22 bits per heavy atom. The largest absolute Gasteiger partial charge is 0.497 e. The molecular weight excluding hydrogens is 722 g/mol. The number of fused-ring (bicyclic) bond motifs is 1. The van der Waals surface area contributed by atoms with Crippen molar-refractivity contribution in [2.24, 2.45) is 4.99 Å². The number of esters is 2. The lowest BCUT2D eigenvalue weighted by Gasteiger charge is -2.25. The number of thiazole rings is 1. The highest BCUT2D eigenvalue weighted by atomic mass is 127. The third kappa shape index (κ3) is 5.67. The van der Waals surface area contributed by atoms with Gasteiger partial charge in [0.15, 0.2) is 10.6 Å². The Hall–Kier alpha value is -2.52. The number of methoxy groups -OCH3 is 1. The first-order valence-corrected chi connectivity index (χ1v) is 14.1. The maximum Gasteiger partial charge on any atom is 0.338 e. The molecule has 0 N–H and O–H groups in total. The van der Waals surface area contributed by atoms with Crippen LogP contribution in [0.25, 0.3) is 6.08 Å². The van der Waals surface area contributed by atoms with Crippen molar-refractivity contribution in [3.8, 4) is 11.5 Å². The van der Waals surface area contributed by atoms with E-state index in [4.69, 9.17) is 14.2 Å². The predicted octanol–water partition coefficient (Wildman–Crippen LogP) is 3.94. The fourth-order valence-corrected chi connectivity index (χ4v) is 7.04. The molecule has 192 valence electrons. The molecule has 0 saturated carbocycles. The molecule has 11 heteroatoms. The number of nitrogens with zero attached hydrogens (tertiary/aromatic N) is 2. The molecule has 2 aromatic carbocycles. The number of halogens is 2. The molecule has 0 radical (unpaired) electrons. The van der Waals surface area contributed by atoms with Gasteiger partial charge in [0.1, 0.15) is 5.75 Å². The van der Waals surface area contributed by atoms with Crippen LogP contribution in [0.15, 0.2) is 57.5 Å². The maximum absolute atomic E-state index is 13.9. The second-order valence-electron chi connectivity index (χ2n) is 7.98. The number of ether oxygens (including phenoxy) is 3. The summed E-state index contributed by atoms with van der Waals surface area (Å²) in [5.41, 5.74) is 1.72. The Labute approximate surface area is 243 Å². The molecule has 0 spiro atoms. The second kappa shape index (κ2) is 11.5. The SMILES string of the molecule is CCOC(=O)C1=C(C)N=c2s/c(=C\c3cc(I)cc(I)c3OC(C)=O)c(=O)n2[C@H]1c1cccc(OC)c1. The van der Waals surface area contributed by atoms with Gasteiger partial charge in [-0.25, -0.2) is 9.79 Å². The fourth-order valence-electron chi connectivity index (χ4n) is 4.00. The summed E-state index contributed by atoms with van der Waals surface area (Å²) >= 11 is 5.47. The van der Waals surface area contributed by atoms with Gasteiger partial charge in [0.2, 0.25) is 0 Å². The molecule has 0 amide bonds. The Kier molecular flexibility index (Phi) is 8.53. The zero-order valence-corrected chi connectivity index (χ0v) is 25.5. The van der Waals surface area contributed by atoms with Gasteiger partial charge >= 0.3 is 11.9 Å². The van der Waals surface area contributed by atoms with E-state index in [1.54, 1.807) is 45.2 Å². The summed E-state index contributed by atoms with van der Waals surface area (Å²) in [6.45, 7) is 4.98. The van der Waals surface area contributed by atoms with Crippen LogP contribution in [0.4, 0.5) is 0 Å². The molecule has 1 aliphatic rings. The van der Waals surface area contributed by atoms with Crippen LogP contribution in [0.3, 0.4) is 0 Å². The van der Waals surface area contributed by atoms with Gasteiger partial charge < -0.3 is 14.2 Å². The van der Waals surface area contributed by atoms with Crippen LogP contribution < -0.4 is 24.4 Å². The lowest BCUT2D eigenvalue weighted by atomic mass is 9.95. The predicted molar refractivity (Wildman–Crippen MR) is 157 cm³/mol. The van der Waals surface area contributed by atoms with Gasteiger partial charge in [0.25, 0.3) is 5.56 Å². The summed E-state index contributed by atoms with van der Waals surface area (Å²) in [5.74, 6) is -0.0119. The van der Waals surface area contributed by atoms with Crippen LogP contribution in [-0.2, 0) is 14.3 Å². The summed E-state index contributed by atoms with van der Waals surface area (Å²) in [6.07, 6.45) is 1.69. The topological polar surface area (TPSA) is 96.2 Å². The zero-order chi connectivity index (χ0) is 26.9. The fraction of sp³-hybridized carbons (Fsp3) is 0.231. The molecular formula is C26H22I2N2O6S. The standard InChI is InChI=1S/C26H22I2N2O6S/c1-5-35-25(33)21-13(2)29-26-30(22(21)15-7-6-8-18(10-15)34-4)24(32)20(37-26)11-16-9-17(27)12-19(28)23(16)36-14(3)31/h6-12,22H,5H2,1-4H3/b20-11-/t22-/m0/s1. The van der Waals surface area contributed by atoms with Crippen molar-refractivity contribution in [3.63, 3.8) is 0 Å². The number of hydrogen-bond acceptors (Lipinski definition) is 8. The number of hydrogen-bond donors (Lipinski definition) is 0. The second-order valence-corrected chi connectivity index (χ2v) is 11.4. The van der Waals surface area contributed by atoms with Crippen molar-refractivity contribution in [3.05, 3.63) is 85.6 Å². The van der Waals surface area contributed by atoms with Crippen LogP contribution in [0.5, 0.6) is 11.5 Å². The molecule has 3 aromatic rings. The smallest absolute Gasteiger partial charge is 0.338 e. The van der Waals surface area contributed by atoms with E-state index in [-0.39, 0.29) is 12.2 Å². The summed E-state index contributed by atoms with van der Waals surface area (Å²) < 4.78 is 19.8. The van der Waals surface area contributed by atoms with Gasteiger partial charge in [-0.1, -0.05) is 23.5 Å². The van der Waals surface area contributed by atoms with Crippen molar-refractivity contribution in [1.29, 1.82) is 0 Å². The third-order valence-electron chi connectivity index (χ3n) is 5.50. The number of carbonyl (C=O) groups is 2. The molecule has 0 saturated heterocycles. The zero-order valence-electron chi connectivity index (χ0n) is 20.3. The highest BCUT2D eigenvalue weighted by Gasteiger charge is 2.33. The van der Waals surface area contributed by atoms with Gasteiger partial charge in [-0.2, -0.15) is 0 Å². The first-order chi connectivity index (χ1) is 17.6. The molecule has 1 aliphatic heterocycles.